The number of nitrogen functional groups attached to an aromatic ring is 1. The number of rotatable bonds is 2. The van der Waals surface area contributed by atoms with Gasteiger partial charge in [0.25, 0.3) is 0 Å². The Morgan fingerprint density at radius 1 is 1.70 bits per heavy atom. The van der Waals surface area contributed by atoms with Crippen molar-refractivity contribution in [3.05, 3.63) is 42.5 Å². The minimum Gasteiger partial charge on any atom is -0.399 e. The predicted molar refractivity (Wildman–Crippen MR) is 43.6 cm³/mol. The Bertz CT molecular complexity index is 228. The van der Waals surface area contributed by atoms with Crippen molar-refractivity contribution in [2.75, 3.05) is 5.73 Å². The summed E-state index contributed by atoms with van der Waals surface area (Å²) in [6.07, 6.45) is 2.68. The van der Waals surface area contributed by atoms with Crippen molar-refractivity contribution in [2.24, 2.45) is 0 Å². The molecule has 0 atom stereocenters. The van der Waals surface area contributed by atoms with E-state index in [1.165, 1.54) is 0 Å². The fourth-order valence-electron chi connectivity index (χ4n) is 0.809. The highest BCUT2D eigenvalue weighted by atomic mass is 14.5. The van der Waals surface area contributed by atoms with E-state index < -0.39 is 0 Å². The van der Waals surface area contributed by atoms with Gasteiger partial charge in [0.05, 0.1) is 0 Å². The Labute approximate surface area is 61.2 Å². The molecule has 0 aliphatic rings. The van der Waals surface area contributed by atoms with Gasteiger partial charge in [0.1, 0.15) is 0 Å². The summed E-state index contributed by atoms with van der Waals surface area (Å²) in [5.74, 6) is 0. The average Bonchev–Trinajstić information content (AvgIpc) is 1.88. The molecule has 0 saturated carbocycles. The van der Waals surface area contributed by atoms with Crippen LogP contribution in [0, 0.1) is 6.07 Å². The van der Waals surface area contributed by atoms with Gasteiger partial charge in [0.2, 0.25) is 0 Å². The molecule has 1 nitrogen and oxygen atoms in total. The van der Waals surface area contributed by atoms with Crippen LogP contribution in [0.4, 0.5) is 5.69 Å². The lowest BCUT2D eigenvalue weighted by atomic mass is 10.1. The fourth-order valence-corrected chi connectivity index (χ4v) is 0.809. The quantitative estimate of drug-likeness (QED) is 0.482. The molecule has 0 unspecified atom stereocenters. The lowest BCUT2D eigenvalue weighted by Crippen LogP contribution is -1.86. The highest BCUT2D eigenvalue weighted by Gasteiger charge is 1.88. The van der Waals surface area contributed by atoms with Gasteiger partial charge in [0, 0.05) is 5.69 Å². The van der Waals surface area contributed by atoms with Gasteiger partial charge in [-0.3, -0.25) is 0 Å². The standard InChI is InChI=1S/C9H10N/c1-2-4-8-5-3-6-9(10)7-8/h2-3,6-7H,1,4,10H2. The van der Waals surface area contributed by atoms with Crippen LogP contribution in [0.2, 0.25) is 0 Å². The Hall–Kier alpha value is -1.24. The maximum absolute atomic E-state index is 5.53. The van der Waals surface area contributed by atoms with Crippen LogP contribution in [0.15, 0.2) is 30.9 Å². The number of hydrogen-bond acceptors (Lipinski definition) is 1. The third-order valence-electron chi connectivity index (χ3n) is 1.25. The van der Waals surface area contributed by atoms with Crippen molar-refractivity contribution < 1.29 is 0 Å². The Morgan fingerprint density at radius 3 is 3.10 bits per heavy atom. The third-order valence-corrected chi connectivity index (χ3v) is 1.25. The topological polar surface area (TPSA) is 26.0 Å². The van der Waals surface area contributed by atoms with Crippen molar-refractivity contribution in [1.82, 2.24) is 0 Å². The van der Waals surface area contributed by atoms with E-state index in [-0.39, 0.29) is 0 Å². The molecule has 1 radical (unpaired) electrons. The zero-order valence-electron chi connectivity index (χ0n) is 5.80. The average molecular weight is 132 g/mol. The van der Waals surface area contributed by atoms with Gasteiger partial charge in [0.15, 0.2) is 0 Å². The van der Waals surface area contributed by atoms with E-state index >= 15 is 0 Å². The minimum absolute atomic E-state index is 0.788. The van der Waals surface area contributed by atoms with E-state index in [9.17, 15) is 0 Å². The van der Waals surface area contributed by atoms with Crippen LogP contribution in [0.25, 0.3) is 0 Å². The maximum atomic E-state index is 5.53. The largest absolute Gasteiger partial charge is 0.399 e. The van der Waals surface area contributed by atoms with E-state index in [2.05, 4.69) is 12.6 Å². The number of benzene rings is 1. The Balaban J connectivity index is 2.84. The molecule has 1 rings (SSSR count). The van der Waals surface area contributed by atoms with Gasteiger partial charge in [-0.1, -0.05) is 12.1 Å². The van der Waals surface area contributed by atoms with Crippen LogP contribution in [-0.4, -0.2) is 0 Å². The van der Waals surface area contributed by atoms with Crippen LogP contribution in [-0.2, 0) is 6.42 Å². The third kappa shape index (κ3) is 1.62. The zero-order valence-corrected chi connectivity index (χ0v) is 5.80. The molecule has 0 fully saturated rings. The van der Waals surface area contributed by atoms with Crippen LogP contribution in [0.5, 0.6) is 0 Å². The normalized spacial score (nSPS) is 9.20. The first-order valence-electron chi connectivity index (χ1n) is 3.20. The smallest absolute Gasteiger partial charge is 0.0317 e. The monoisotopic (exact) mass is 132 g/mol. The summed E-state index contributed by atoms with van der Waals surface area (Å²) < 4.78 is 0. The van der Waals surface area contributed by atoms with Crippen molar-refractivity contribution in [1.29, 1.82) is 0 Å². The first-order chi connectivity index (χ1) is 4.83. The molecule has 0 spiro atoms. The molecule has 0 saturated heterocycles. The molecule has 0 aromatic heterocycles. The first kappa shape index (κ1) is 6.87. The minimum atomic E-state index is 0.788. The molecule has 1 heteroatoms. The zero-order chi connectivity index (χ0) is 7.40. The van der Waals surface area contributed by atoms with Gasteiger partial charge in [-0.25, -0.2) is 0 Å². The van der Waals surface area contributed by atoms with E-state index in [0.29, 0.717) is 0 Å². The first-order valence-corrected chi connectivity index (χ1v) is 3.20. The molecular weight excluding hydrogens is 122 g/mol. The molecule has 51 valence electrons. The number of allylic oxidation sites excluding steroid dienone is 1. The van der Waals surface area contributed by atoms with Crippen molar-refractivity contribution >= 4 is 5.69 Å². The summed E-state index contributed by atoms with van der Waals surface area (Å²) >= 11 is 0. The van der Waals surface area contributed by atoms with Crippen LogP contribution in [0.1, 0.15) is 5.56 Å². The molecule has 0 bridgehead atoms. The fraction of sp³-hybridized carbons (Fsp3) is 0.111. The molecule has 0 aliphatic carbocycles. The summed E-state index contributed by atoms with van der Waals surface area (Å²) in [6.45, 7) is 3.62. The van der Waals surface area contributed by atoms with Crippen molar-refractivity contribution in [3.63, 3.8) is 0 Å². The van der Waals surface area contributed by atoms with E-state index in [0.717, 1.165) is 17.7 Å². The van der Waals surface area contributed by atoms with E-state index in [1.54, 1.807) is 0 Å². The number of anilines is 1. The summed E-state index contributed by atoms with van der Waals surface area (Å²) in [7, 11) is 0. The highest BCUT2D eigenvalue weighted by Crippen LogP contribution is 2.05. The summed E-state index contributed by atoms with van der Waals surface area (Å²) in [4.78, 5) is 0. The molecule has 10 heavy (non-hydrogen) atoms. The lowest BCUT2D eigenvalue weighted by molar-refractivity contribution is 1.27. The highest BCUT2D eigenvalue weighted by molar-refractivity contribution is 5.40. The van der Waals surface area contributed by atoms with Crippen LogP contribution >= 0.6 is 0 Å². The van der Waals surface area contributed by atoms with Crippen LogP contribution < -0.4 is 5.73 Å². The molecule has 1 aromatic rings. The van der Waals surface area contributed by atoms with Gasteiger partial charge < -0.3 is 5.73 Å². The SMILES string of the molecule is C=CCc1[c]ccc(N)c1. The Kier molecular flexibility index (Phi) is 2.11. The van der Waals surface area contributed by atoms with Crippen LogP contribution in [0.3, 0.4) is 0 Å². The second kappa shape index (κ2) is 3.06. The summed E-state index contributed by atoms with van der Waals surface area (Å²) in [6, 6.07) is 8.62. The molecule has 0 aliphatic heterocycles. The number of nitrogens with two attached hydrogens (primary N) is 1. The Morgan fingerprint density at radius 2 is 2.50 bits per heavy atom. The molecule has 0 heterocycles. The second-order valence-corrected chi connectivity index (χ2v) is 2.14. The molecule has 2 N–H and O–H groups in total. The second-order valence-electron chi connectivity index (χ2n) is 2.14. The van der Waals surface area contributed by atoms with E-state index in [4.69, 9.17) is 5.73 Å². The van der Waals surface area contributed by atoms with Crippen molar-refractivity contribution in [3.8, 4) is 0 Å². The lowest BCUT2D eigenvalue weighted by Gasteiger charge is -1.95. The van der Waals surface area contributed by atoms with Gasteiger partial charge >= 0.3 is 0 Å². The predicted octanol–water partition coefficient (Wildman–Crippen LogP) is 1.80. The van der Waals surface area contributed by atoms with Gasteiger partial charge in [-0.2, -0.15) is 0 Å². The number of hydrogen-bond donors (Lipinski definition) is 1. The van der Waals surface area contributed by atoms with Gasteiger partial charge in [-0.05, 0) is 30.2 Å². The summed E-state index contributed by atoms with van der Waals surface area (Å²) in [5.41, 5.74) is 7.41. The summed E-state index contributed by atoms with van der Waals surface area (Å²) in [5, 5.41) is 0. The van der Waals surface area contributed by atoms with E-state index in [1.807, 2.05) is 24.3 Å². The maximum Gasteiger partial charge on any atom is 0.0317 e. The molecule has 1 aromatic carbocycles. The van der Waals surface area contributed by atoms with Gasteiger partial charge in [-0.15, -0.1) is 6.58 Å². The van der Waals surface area contributed by atoms with Crippen molar-refractivity contribution in [2.45, 2.75) is 6.42 Å². The molecular formula is C9H10N. The molecule has 0 amide bonds.